The van der Waals surface area contributed by atoms with Gasteiger partial charge in [-0.25, -0.2) is 0 Å². The number of aliphatic hydroxyl groups excluding tert-OH is 1. The summed E-state index contributed by atoms with van der Waals surface area (Å²) in [6, 6.07) is 5.84. The molecule has 0 aliphatic heterocycles. The third-order valence-corrected chi connectivity index (χ3v) is 3.37. The number of hydrogen-bond acceptors (Lipinski definition) is 3. The van der Waals surface area contributed by atoms with Crippen molar-refractivity contribution in [2.24, 2.45) is 11.8 Å². The second kappa shape index (κ2) is 6.01. The van der Waals surface area contributed by atoms with Gasteiger partial charge in [-0.2, -0.15) is 0 Å². The molecule has 0 aromatic heterocycles. The first kappa shape index (κ1) is 14.7. The largest absolute Gasteiger partial charge is 0.469 e. The Morgan fingerprint density at radius 1 is 1.22 bits per heavy atom. The van der Waals surface area contributed by atoms with Crippen molar-refractivity contribution in [1.82, 2.24) is 0 Å². The Morgan fingerprint density at radius 2 is 1.72 bits per heavy atom. The SMILES string of the molecule is COC(=O)C(C(C)C)C(O)c1c(C)cccc1C. The minimum atomic E-state index is -0.821. The van der Waals surface area contributed by atoms with Gasteiger partial charge >= 0.3 is 5.97 Å². The van der Waals surface area contributed by atoms with Crippen molar-refractivity contribution >= 4 is 5.97 Å². The zero-order valence-electron chi connectivity index (χ0n) is 11.7. The van der Waals surface area contributed by atoms with Crippen LogP contribution < -0.4 is 0 Å². The molecule has 2 atom stereocenters. The van der Waals surface area contributed by atoms with Crippen molar-refractivity contribution < 1.29 is 14.6 Å². The molecule has 1 N–H and O–H groups in total. The quantitative estimate of drug-likeness (QED) is 0.836. The maximum Gasteiger partial charge on any atom is 0.311 e. The fourth-order valence-corrected chi connectivity index (χ4v) is 2.38. The standard InChI is InChI=1S/C15H22O3/c1-9(2)12(15(17)18-5)14(16)13-10(3)7-6-8-11(13)4/h6-9,12,14,16H,1-5H3. The predicted octanol–water partition coefficient (Wildman–Crippen LogP) is 2.78. The summed E-state index contributed by atoms with van der Waals surface area (Å²) in [5, 5.41) is 10.5. The molecule has 1 rings (SSSR count). The van der Waals surface area contributed by atoms with Crippen LogP contribution in [-0.2, 0) is 9.53 Å². The third-order valence-electron chi connectivity index (χ3n) is 3.37. The first-order valence-electron chi connectivity index (χ1n) is 6.22. The van der Waals surface area contributed by atoms with Gasteiger partial charge in [0.15, 0.2) is 0 Å². The molecule has 0 amide bonds. The van der Waals surface area contributed by atoms with Crippen LogP contribution in [0.2, 0.25) is 0 Å². The van der Waals surface area contributed by atoms with E-state index < -0.39 is 12.0 Å². The first-order valence-corrected chi connectivity index (χ1v) is 6.22. The summed E-state index contributed by atoms with van der Waals surface area (Å²) in [6.45, 7) is 7.72. The molecule has 0 aliphatic rings. The summed E-state index contributed by atoms with van der Waals surface area (Å²) >= 11 is 0. The van der Waals surface area contributed by atoms with Crippen molar-refractivity contribution in [1.29, 1.82) is 0 Å². The van der Waals surface area contributed by atoms with Gasteiger partial charge in [0.05, 0.1) is 19.1 Å². The summed E-state index contributed by atoms with van der Waals surface area (Å²) in [5.41, 5.74) is 2.83. The van der Waals surface area contributed by atoms with Crippen LogP contribution in [0.1, 0.15) is 36.6 Å². The Bertz CT molecular complexity index is 403. The van der Waals surface area contributed by atoms with Gasteiger partial charge in [0.1, 0.15) is 0 Å². The molecule has 100 valence electrons. The minimum absolute atomic E-state index is 0.0199. The van der Waals surface area contributed by atoms with Crippen LogP contribution in [0, 0.1) is 25.7 Å². The van der Waals surface area contributed by atoms with E-state index in [0.29, 0.717) is 0 Å². The van der Waals surface area contributed by atoms with Crippen molar-refractivity contribution in [3.8, 4) is 0 Å². The maximum atomic E-state index is 11.8. The fourth-order valence-electron chi connectivity index (χ4n) is 2.38. The Kier molecular flexibility index (Phi) is 4.91. The molecule has 0 bridgehead atoms. The maximum absolute atomic E-state index is 11.8. The van der Waals surface area contributed by atoms with Gasteiger partial charge < -0.3 is 9.84 Å². The number of methoxy groups -OCH3 is 1. The Hall–Kier alpha value is -1.35. The van der Waals surface area contributed by atoms with E-state index in [2.05, 4.69) is 0 Å². The van der Waals surface area contributed by atoms with Crippen molar-refractivity contribution in [3.05, 3.63) is 34.9 Å². The summed E-state index contributed by atoms with van der Waals surface area (Å²) in [7, 11) is 1.36. The Labute approximate surface area is 109 Å². The monoisotopic (exact) mass is 250 g/mol. The van der Waals surface area contributed by atoms with E-state index in [0.717, 1.165) is 16.7 Å². The topological polar surface area (TPSA) is 46.5 Å². The molecule has 0 spiro atoms. The molecular weight excluding hydrogens is 228 g/mol. The van der Waals surface area contributed by atoms with Crippen LogP contribution in [0.15, 0.2) is 18.2 Å². The van der Waals surface area contributed by atoms with Crippen LogP contribution >= 0.6 is 0 Å². The molecular formula is C15H22O3. The van der Waals surface area contributed by atoms with Gasteiger partial charge in [-0.3, -0.25) is 4.79 Å². The van der Waals surface area contributed by atoms with E-state index in [-0.39, 0.29) is 11.9 Å². The van der Waals surface area contributed by atoms with Gasteiger partial charge in [-0.15, -0.1) is 0 Å². The van der Waals surface area contributed by atoms with Gasteiger partial charge in [0, 0.05) is 0 Å². The lowest BCUT2D eigenvalue weighted by Gasteiger charge is -2.26. The lowest BCUT2D eigenvalue weighted by molar-refractivity contribution is -0.152. The number of rotatable bonds is 4. The van der Waals surface area contributed by atoms with Crippen LogP contribution in [0.3, 0.4) is 0 Å². The molecule has 0 fully saturated rings. The second-order valence-electron chi connectivity index (χ2n) is 5.04. The minimum Gasteiger partial charge on any atom is -0.469 e. The molecule has 2 unspecified atom stereocenters. The number of carbonyl (C=O) groups is 1. The number of hydrogen-bond donors (Lipinski definition) is 1. The smallest absolute Gasteiger partial charge is 0.311 e. The van der Waals surface area contributed by atoms with Crippen LogP contribution in [0.25, 0.3) is 0 Å². The van der Waals surface area contributed by atoms with Gasteiger partial charge in [0.2, 0.25) is 0 Å². The molecule has 0 radical (unpaired) electrons. The van der Waals surface area contributed by atoms with E-state index in [4.69, 9.17) is 4.74 Å². The highest BCUT2D eigenvalue weighted by molar-refractivity contribution is 5.73. The van der Waals surface area contributed by atoms with Gasteiger partial charge in [-0.1, -0.05) is 32.0 Å². The summed E-state index contributed by atoms with van der Waals surface area (Å²) in [4.78, 5) is 11.8. The second-order valence-corrected chi connectivity index (χ2v) is 5.04. The molecule has 3 heteroatoms. The number of esters is 1. The van der Waals surface area contributed by atoms with E-state index in [1.165, 1.54) is 7.11 Å². The summed E-state index contributed by atoms with van der Waals surface area (Å²) < 4.78 is 4.80. The van der Waals surface area contributed by atoms with Crippen LogP contribution in [0.5, 0.6) is 0 Å². The normalized spacial score (nSPS) is 14.4. The van der Waals surface area contributed by atoms with Crippen molar-refractivity contribution in [2.45, 2.75) is 33.8 Å². The van der Waals surface area contributed by atoms with Gasteiger partial charge in [0.25, 0.3) is 0 Å². The number of aryl methyl sites for hydroxylation is 2. The van der Waals surface area contributed by atoms with Crippen molar-refractivity contribution in [3.63, 3.8) is 0 Å². The zero-order chi connectivity index (χ0) is 13.9. The molecule has 18 heavy (non-hydrogen) atoms. The predicted molar refractivity (Wildman–Crippen MR) is 71.2 cm³/mol. The third kappa shape index (κ3) is 2.91. The van der Waals surface area contributed by atoms with E-state index in [9.17, 15) is 9.90 Å². The zero-order valence-corrected chi connectivity index (χ0v) is 11.7. The molecule has 0 aliphatic carbocycles. The highest BCUT2D eigenvalue weighted by Gasteiger charge is 2.33. The van der Waals surface area contributed by atoms with Crippen LogP contribution in [-0.4, -0.2) is 18.2 Å². The Morgan fingerprint density at radius 3 is 2.11 bits per heavy atom. The number of aliphatic hydroxyl groups is 1. The Balaban J connectivity index is 3.18. The van der Waals surface area contributed by atoms with E-state index in [1.54, 1.807) is 0 Å². The highest BCUT2D eigenvalue weighted by Crippen LogP contribution is 2.32. The summed E-state index contributed by atoms with van der Waals surface area (Å²) in [5.74, 6) is -0.874. The molecule has 1 aromatic rings. The lowest BCUT2D eigenvalue weighted by atomic mass is 9.83. The average Bonchev–Trinajstić information content (AvgIpc) is 2.28. The number of ether oxygens (including phenoxy) is 1. The van der Waals surface area contributed by atoms with E-state index >= 15 is 0 Å². The molecule has 0 heterocycles. The fraction of sp³-hybridized carbons (Fsp3) is 0.533. The first-order chi connectivity index (χ1) is 8.40. The summed E-state index contributed by atoms with van der Waals surface area (Å²) in [6.07, 6.45) is -0.821. The molecule has 3 nitrogen and oxygen atoms in total. The van der Waals surface area contributed by atoms with E-state index in [1.807, 2.05) is 45.9 Å². The lowest BCUT2D eigenvalue weighted by Crippen LogP contribution is -2.29. The van der Waals surface area contributed by atoms with Crippen LogP contribution in [0.4, 0.5) is 0 Å². The average molecular weight is 250 g/mol. The number of benzene rings is 1. The van der Waals surface area contributed by atoms with Gasteiger partial charge in [-0.05, 0) is 36.5 Å². The number of carbonyl (C=O) groups excluding carboxylic acids is 1. The highest BCUT2D eigenvalue weighted by atomic mass is 16.5. The van der Waals surface area contributed by atoms with Crippen molar-refractivity contribution in [2.75, 3.05) is 7.11 Å². The molecule has 0 saturated heterocycles. The molecule has 0 saturated carbocycles. The molecule has 1 aromatic carbocycles.